The number of nitrogens with zero attached hydrogens (tertiary/aromatic N) is 1. The zero-order valence-electron chi connectivity index (χ0n) is 16.7. The second-order valence-electron chi connectivity index (χ2n) is 6.52. The van der Waals surface area contributed by atoms with E-state index in [0.717, 1.165) is 0 Å². The maximum atomic E-state index is 12.6. The molecule has 29 heavy (non-hydrogen) atoms. The van der Waals surface area contributed by atoms with Crippen LogP contribution < -0.4 is 20.2 Å². The highest BCUT2D eigenvalue weighted by atomic mass is 35.5. The van der Waals surface area contributed by atoms with Crippen molar-refractivity contribution in [3.63, 3.8) is 0 Å². The van der Waals surface area contributed by atoms with Crippen molar-refractivity contribution in [2.75, 3.05) is 14.2 Å². The molecule has 0 radical (unpaired) electrons. The summed E-state index contributed by atoms with van der Waals surface area (Å²) in [6, 6.07) is 11.1. The second-order valence-corrected chi connectivity index (χ2v) is 6.92. The van der Waals surface area contributed by atoms with Crippen LogP contribution in [0, 0.1) is 5.92 Å². The van der Waals surface area contributed by atoms with Gasteiger partial charge in [0.1, 0.15) is 17.5 Å². The van der Waals surface area contributed by atoms with Crippen LogP contribution in [0.3, 0.4) is 0 Å². The quantitative estimate of drug-likeness (QED) is 0.509. The van der Waals surface area contributed by atoms with Gasteiger partial charge in [0, 0.05) is 11.6 Å². The lowest BCUT2D eigenvalue weighted by atomic mass is 10.0. The Kier molecular flexibility index (Phi) is 8.03. The molecule has 0 saturated carbocycles. The highest BCUT2D eigenvalue weighted by Crippen LogP contribution is 2.23. The van der Waals surface area contributed by atoms with Crippen LogP contribution in [-0.2, 0) is 4.79 Å². The molecule has 0 heterocycles. The summed E-state index contributed by atoms with van der Waals surface area (Å²) in [5.41, 5.74) is 3.43. The molecule has 2 aromatic rings. The normalized spacial score (nSPS) is 11.9. The van der Waals surface area contributed by atoms with E-state index in [1.807, 2.05) is 13.8 Å². The lowest BCUT2D eigenvalue weighted by Crippen LogP contribution is -2.48. The molecule has 7 nitrogen and oxygen atoms in total. The Bertz CT molecular complexity index is 899. The minimum atomic E-state index is -0.784. The molecule has 8 heteroatoms. The molecule has 0 saturated heterocycles. The fourth-order valence-electron chi connectivity index (χ4n) is 2.56. The lowest BCUT2D eigenvalue weighted by molar-refractivity contribution is -0.123. The van der Waals surface area contributed by atoms with E-state index in [9.17, 15) is 9.59 Å². The Balaban J connectivity index is 2.07. The van der Waals surface area contributed by atoms with Crippen LogP contribution in [0.15, 0.2) is 47.6 Å². The third kappa shape index (κ3) is 5.96. The number of hydrazone groups is 1. The number of methoxy groups -OCH3 is 2. The molecule has 0 spiro atoms. The van der Waals surface area contributed by atoms with Crippen molar-refractivity contribution >= 4 is 29.6 Å². The van der Waals surface area contributed by atoms with Gasteiger partial charge in [0.15, 0.2) is 0 Å². The second kappa shape index (κ2) is 10.5. The van der Waals surface area contributed by atoms with Gasteiger partial charge in [-0.2, -0.15) is 5.10 Å². The van der Waals surface area contributed by atoms with Gasteiger partial charge in [0.05, 0.1) is 31.0 Å². The monoisotopic (exact) mass is 417 g/mol. The number of ether oxygens (including phenoxy) is 2. The maximum Gasteiger partial charge on any atom is 0.262 e. The molecule has 0 aliphatic carbocycles. The molecule has 2 aromatic carbocycles. The summed E-state index contributed by atoms with van der Waals surface area (Å²) < 4.78 is 10.4. The number of halogens is 1. The van der Waals surface area contributed by atoms with Crippen LogP contribution in [0.5, 0.6) is 11.5 Å². The van der Waals surface area contributed by atoms with Crippen molar-refractivity contribution in [1.82, 2.24) is 10.7 Å². The fraction of sp³-hybridized carbons (Fsp3) is 0.286. The fourth-order valence-corrected chi connectivity index (χ4v) is 2.78. The summed E-state index contributed by atoms with van der Waals surface area (Å²) in [5, 5.41) is 7.01. The van der Waals surface area contributed by atoms with Crippen molar-refractivity contribution < 1.29 is 19.1 Å². The third-order valence-corrected chi connectivity index (χ3v) is 4.50. The first-order valence-electron chi connectivity index (χ1n) is 8.97. The van der Waals surface area contributed by atoms with E-state index in [2.05, 4.69) is 15.8 Å². The number of carbonyl (C=O) groups is 2. The number of amides is 2. The molecule has 2 rings (SSSR count). The van der Waals surface area contributed by atoms with Gasteiger partial charge in [0.2, 0.25) is 0 Å². The molecule has 2 N–H and O–H groups in total. The Morgan fingerprint density at radius 2 is 1.83 bits per heavy atom. The number of nitrogens with one attached hydrogen (secondary N) is 2. The van der Waals surface area contributed by atoms with E-state index in [1.165, 1.54) is 13.3 Å². The minimum Gasteiger partial charge on any atom is -0.497 e. The zero-order chi connectivity index (χ0) is 21.4. The third-order valence-electron chi connectivity index (χ3n) is 4.17. The van der Waals surface area contributed by atoms with E-state index in [4.69, 9.17) is 21.1 Å². The topological polar surface area (TPSA) is 89.0 Å². The van der Waals surface area contributed by atoms with E-state index >= 15 is 0 Å². The molecule has 1 atom stereocenters. The number of rotatable bonds is 8. The van der Waals surface area contributed by atoms with Gasteiger partial charge < -0.3 is 14.8 Å². The van der Waals surface area contributed by atoms with E-state index in [0.29, 0.717) is 27.6 Å². The molecule has 2 amide bonds. The molecule has 0 aliphatic rings. The largest absolute Gasteiger partial charge is 0.497 e. The summed E-state index contributed by atoms with van der Waals surface area (Å²) in [6.07, 6.45) is 1.46. The van der Waals surface area contributed by atoms with E-state index in [1.54, 1.807) is 49.6 Å². The Morgan fingerprint density at radius 1 is 1.10 bits per heavy atom. The van der Waals surface area contributed by atoms with Crippen molar-refractivity contribution in [3.05, 3.63) is 58.6 Å². The average molecular weight is 418 g/mol. The van der Waals surface area contributed by atoms with Crippen LogP contribution in [0.25, 0.3) is 0 Å². The predicted octanol–water partition coefficient (Wildman–Crippen LogP) is 3.26. The molecule has 0 aliphatic heterocycles. The van der Waals surface area contributed by atoms with Crippen molar-refractivity contribution in [3.8, 4) is 11.5 Å². The van der Waals surface area contributed by atoms with Crippen molar-refractivity contribution in [1.29, 1.82) is 0 Å². The first kappa shape index (κ1) is 22.2. The smallest absolute Gasteiger partial charge is 0.262 e. The van der Waals surface area contributed by atoms with Gasteiger partial charge in [-0.05, 0) is 30.2 Å². The number of hydrogen-bond donors (Lipinski definition) is 2. The van der Waals surface area contributed by atoms with Crippen LogP contribution in [0.4, 0.5) is 0 Å². The molecule has 1 unspecified atom stereocenters. The zero-order valence-corrected chi connectivity index (χ0v) is 17.5. The molecule has 0 aromatic heterocycles. The molecular weight excluding hydrogens is 394 g/mol. The summed E-state index contributed by atoms with van der Waals surface area (Å²) in [6.45, 7) is 3.65. The minimum absolute atomic E-state index is 0.160. The summed E-state index contributed by atoms with van der Waals surface area (Å²) in [7, 11) is 3.09. The molecular formula is C21H24ClN3O4. The molecule has 154 valence electrons. The lowest BCUT2D eigenvalue weighted by Gasteiger charge is -2.20. The van der Waals surface area contributed by atoms with Crippen LogP contribution in [-0.4, -0.2) is 38.3 Å². The predicted molar refractivity (Wildman–Crippen MR) is 113 cm³/mol. The van der Waals surface area contributed by atoms with E-state index in [-0.39, 0.29) is 5.92 Å². The van der Waals surface area contributed by atoms with Gasteiger partial charge in [0.25, 0.3) is 11.8 Å². The molecule has 0 fully saturated rings. The van der Waals surface area contributed by atoms with Crippen molar-refractivity contribution in [2.45, 2.75) is 19.9 Å². The Hall–Kier alpha value is -3.06. The SMILES string of the molecule is COc1ccc(/C=N/NC(=O)C(NC(=O)c2ccccc2Cl)C(C)C)c(OC)c1. The van der Waals surface area contributed by atoms with Gasteiger partial charge in [-0.15, -0.1) is 0 Å². The summed E-state index contributed by atoms with van der Waals surface area (Å²) in [4.78, 5) is 25.0. The van der Waals surface area contributed by atoms with Crippen LogP contribution >= 0.6 is 11.6 Å². The average Bonchev–Trinajstić information content (AvgIpc) is 2.71. The number of carbonyl (C=O) groups excluding carboxylic acids is 2. The summed E-state index contributed by atoms with van der Waals surface area (Å²) in [5.74, 6) is 0.168. The summed E-state index contributed by atoms with van der Waals surface area (Å²) >= 11 is 6.06. The highest BCUT2D eigenvalue weighted by Gasteiger charge is 2.25. The van der Waals surface area contributed by atoms with Gasteiger partial charge in [-0.1, -0.05) is 37.6 Å². The maximum absolute atomic E-state index is 12.6. The van der Waals surface area contributed by atoms with Gasteiger partial charge >= 0.3 is 0 Å². The number of hydrogen-bond acceptors (Lipinski definition) is 5. The first-order chi connectivity index (χ1) is 13.9. The van der Waals surface area contributed by atoms with Crippen molar-refractivity contribution in [2.24, 2.45) is 11.0 Å². The van der Waals surface area contributed by atoms with E-state index < -0.39 is 17.9 Å². The van der Waals surface area contributed by atoms with Gasteiger partial charge in [-0.3, -0.25) is 9.59 Å². The van der Waals surface area contributed by atoms with Crippen LogP contribution in [0.2, 0.25) is 5.02 Å². The standard InChI is InChI=1S/C21H24ClN3O4/c1-13(2)19(24-20(26)16-7-5-6-8-17(16)22)21(27)25-23-12-14-9-10-15(28-3)11-18(14)29-4/h5-13,19H,1-4H3,(H,24,26)(H,25,27)/b23-12+. The molecule has 0 bridgehead atoms. The van der Waals surface area contributed by atoms with Gasteiger partial charge in [-0.25, -0.2) is 5.43 Å². The highest BCUT2D eigenvalue weighted by molar-refractivity contribution is 6.33. The van der Waals surface area contributed by atoms with Crippen LogP contribution in [0.1, 0.15) is 29.8 Å². The first-order valence-corrected chi connectivity index (χ1v) is 9.35. The number of benzene rings is 2. The Labute approximate surface area is 175 Å². The Morgan fingerprint density at radius 3 is 2.45 bits per heavy atom.